The van der Waals surface area contributed by atoms with Crippen molar-refractivity contribution in [3.63, 3.8) is 0 Å². The lowest BCUT2D eigenvalue weighted by Crippen LogP contribution is -2.30. The van der Waals surface area contributed by atoms with E-state index < -0.39 is 0 Å². The highest BCUT2D eigenvalue weighted by molar-refractivity contribution is 7.11. The summed E-state index contributed by atoms with van der Waals surface area (Å²) in [6, 6.07) is 0.684. The molecule has 96 valence electrons. The van der Waals surface area contributed by atoms with Crippen LogP contribution in [0.25, 0.3) is 0 Å². The molecule has 1 aromatic rings. The van der Waals surface area contributed by atoms with Crippen LogP contribution >= 0.6 is 11.3 Å². The van der Waals surface area contributed by atoms with E-state index in [0.29, 0.717) is 6.04 Å². The molecular formula is C13H22N2OS. The Morgan fingerprint density at radius 1 is 1.65 bits per heavy atom. The number of aliphatic hydroxyl groups excluding tert-OH is 1. The molecule has 0 saturated carbocycles. The van der Waals surface area contributed by atoms with Crippen LogP contribution in [0.1, 0.15) is 42.5 Å². The first-order valence-electron chi connectivity index (χ1n) is 6.54. The molecule has 1 aliphatic rings. The van der Waals surface area contributed by atoms with Crippen LogP contribution in [0.4, 0.5) is 0 Å². The van der Waals surface area contributed by atoms with Gasteiger partial charge in [0.25, 0.3) is 0 Å². The average Bonchev–Trinajstić information content (AvgIpc) is 2.97. The zero-order valence-electron chi connectivity index (χ0n) is 10.7. The van der Waals surface area contributed by atoms with Gasteiger partial charge in [-0.3, -0.25) is 0 Å². The van der Waals surface area contributed by atoms with Crippen LogP contribution in [0.5, 0.6) is 0 Å². The maximum atomic E-state index is 9.13. The van der Waals surface area contributed by atoms with Gasteiger partial charge in [0.15, 0.2) is 0 Å². The summed E-state index contributed by atoms with van der Waals surface area (Å²) in [5, 5.41) is 10.4. The highest BCUT2D eigenvalue weighted by atomic mass is 32.1. The van der Waals surface area contributed by atoms with Crippen molar-refractivity contribution in [3.8, 4) is 0 Å². The fourth-order valence-electron chi connectivity index (χ4n) is 2.48. The SMILES string of the molecule is CCN1CCCC1Cc1ncc(C(C)CO)s1. The van der Waals surface area contributed by atoms with Crippen LogP contribution in [0.15, 0.2) is 6.20 Å². The Hall–Kier alpha value is -0.450. The minimum atomic E-state index is 0.214. The molecule has 0 radical (unpaired) electrons. The number of likely N-dealkylation sites (tertiary alicyclic amines) is 1. The van der Waals surface area contributed by atoms with Crippen molar-refractivity contribution in [2.75, 3.05) is 19.7 Å². The summed E-state index contributed by atoms with van der Waals surface area (Å²) in [5.74, 6) is 0.229. The van der Waals surface area contributed by atoms with E-state index in [1.54, 1.807) is 11.3 Å². The van der Waals surface area contributed by atoms with Gasteiger partial charge in [0.05, 0.1) is 11.6 Å². The molecule has 2 rings (SSSR count). The average molecular weight is 254 g/mol. The van der Waals surface area contributed by atoms with Crippen LogP contribution in [0, 0.1) is 0 Å². The van der Waals surface area contributed by atoms with Gasteiger partial charge in [-0.2, -0.15) is 0 Å². The summed E-state index contributed by atoms with van der Waals surface area (Å²) < 4.78 is 0. The van der Waals surface area contributed by atoms with Crippen molar-refractivity contribution in [1.82, 2.24) is 9.88 Å². The van der Waals surface area contributed by atoms with Gasteiger partial charge in [0.1, 0.15) is 0 Å². The minimum absolute atomic E-state index is 0.214. The van der Waals surface area contributed by atoms with Crippen molar-refractivity contribution < 1.29 is 5.11 Å². The molecule has 1 N–H and O–H groups in total. The number of hydrogen-bond donors (Lipinski definition) is 1. The molecule has 0 spiro atoms. The summed E-state index contributed by atoms with van der Waals surface area (Å²) in [5.41, 5.74) is 0. The smallest absolute Gasteiger partial charge is 0.0943 e. The van der Waals surface area contributed by atoms with E-state index in [4.69, 9.17) is 5.11 Å². The van der Waals surface area contributed by atoms with E-state index >= 15 is 0 Å². The first-order chi connectivity index (χ1) is 8.24. The normalized spacial score (nSPS) is 23.1. The molecule has 0 amide bonds. The summed E-state index contributed by atoms with van der Waals surface area (Å²) >= 11 is 1.77. The van der Waals surface area contributed by atoms with E-state index in [1.807, 2.05) is 13.1 Å². The first kappa shape index (κ1) is 13.0. The van der Waals surface area contributed by atoms with Gasteiger partial charge < -0.3 is 10.0 Å². The predicted molar refractivity (Wildman–Crippen MR) is 71.6 cm³/mol. The number of hydrogen-bond acceptors (Lipinski definition) is 4. The van der Waals surface area contributed by atoms with Crippen LogP contribution in [-0.2, 0) is 6.42 Å². The molecule has 2 atom stereocenters. The summed E-state index contributed by atoms with van der Waals surface area (Å²) in [4.78, 5) is 8.26. The van der Waals surface area contributed by atoms with Gasteiger partial charge in [-0.15, -0.1) is 11.3 Å². The Bertz CT molecular complexity index is 353. The lowest BCUT2D eigenvalue weighted by molar-refractivity contribution is 0.266. The Balaban J connectivity index is 1.96. The van der Waals surface area contributed by atoms with E-state index in [-0.39, 0.29) is 12.5 Å². The largest absolute Gasteiger partial charge is 0.396 e. The molecular weight excluding hydrogens is 232 g/mol. The Morgan fingerprint density at radius 3 is 3.18 bits per heavy atom. The molecule has 1 aromatic heterocycles. The van der Waals surface area contributed by atoms with Crippen molar-refractivity contribution in [1.29, 1.82) is 0 Å². The molecule has 0 bridgehead atoms. The monoisotopic (exact) mass is 254 g/mol. The van der Waals surface area contributed by atoms with Crippen LogP contribution in [0.3, 0.4) is 0 Å². The molecule has 1 fully saturated rings. The van der Waals surface area contributed by atoms with E-state index in [2.05, 4.69) is 16.8 Å². The number of nitrogens with zero attached hydrogens (tertiary/aromatic N) is 2. The summed E-state index contributed by atoms with van der Waals surface area (Å²) in [7, 11) is 0. The fraction of sp³-hybridized carbons (Fsp3) is 0.769. The zero-order chi connectivity index (χ0) is 12.3. The van der Waals surface area contributed by atoms with Crippen LogP contribution in [0.2, 0.25) is 0 Å². The number of rotatable bonds is 5. The Labute approximate surface area is 107 Å². The number of aliphatic hydroxyl groups is 1. The van der Waals surface area contributed by atoms with Crippen LogP contribution < -0.4 is 0 Å². The molecule has 1 aliphatic heterocycles. The van der Waals surface area contributed by atoms with Gasteiger partial charge in [-0.05, 0) is 25.9 Å². The molecule has 1 saturated heterocycles. The molecule has 4 heteroatoms. The lowest BCUT2D eigenvalue weighted by Gasteiger charge is -2.21. The minimum Gasteiger partial charge on any atom is -0.396 e. The standard InChI is InChI=1S/C13H22N2OS/c1-3-15-6-4-5-11(15)7-13-14-8-12(17-13)10(2)9-16/h8,10-11,16H,3-7,9H2,1-2H3. The third-order valence-electron chi connectivity index (χ3n) is 3.65. The Kier molecular flexibility index (Phi) is 4.54. The third-order valence-corrected chi connectivity index (χ3v) is 4.90. The van der Waals surface area contributed by atoms with E-state index in [9.17, 15) is 0 Å². The third kappa shape index (κ3) is 3.06. The quantitative estimate of drug-likeness (QED) is 0.875. The van der Waals surface area contributed by atoms with Crippen molar-refractivity contribution in [2.45, 2.75) is 45.1 Å². The van der Waals surface area contributed by atoms with Gasteiger partial charge in [0, 0.05) is 29.5 Å². The first-order valence-corrected chi connectivity index (χ1v) is 7.35. The second-order valence-electron chi connectivity index (χ2n) is 4.87. The van der Waals surface area contributed by atoms with Gasteiger partial charge in [-0.1, -0.05) is 13.8 Å². The summed E-state index contributed by atoms with van der Waals surface area (Å²) in [6.07, 6.45) is 5.64. The molecule has 2 heterocycles. The molecule has 3 nitrogen and oxygen atoms in total. The maximum Gasteiger partial charge on any atom is 0.0943 e. The number of thiazole rings is 1. The van der Waals surface area contributed by atoms with E-state index in [1.165, 1.54) is 29.3 Å². The topological polar surface area (TPSA) is 36.4 Å². The predicted octanol–water partition coefficient (Wildman–Crippen LogP) is 2.27. The maximum absolute atomic E-state index is 9.13. The van der Waals surface area contributed by atoms with Gasteiger partial charge in [0.2, 0.25) is 0 Å². The molecule has 2 unspecified atom stereocenters. The van der Waals surface area contributed by atoms with Crippen molar-refractivity contribution in [2.24, 2.45) is 0 Å². The summed E-state index contributed by atoms with van der Waals surface area (Å²) in [6.45, 7) is 6.89. The zero-order valence-corrected chi connectivity index (χ0v) is 11.5. The lowest BCUT2D eigenvalue weighted by atomic mass is 10.1. The number of likely N-dealkylation sites (N-methyl/N-ethyl adjacent to an activating group) is 1. The van der Waals surface area contributed by atoms with E-state index in [0.717, 1.165) is 13.0 Å². The molecule has 17 heavy (non-hydrogen) atoms. The second-order valence-corrected chi connectivity index (χ2v) is 6.02. The highest BCUT2D eigenvalue weighted by Gasteiger charge is 2.24. The second kappa shape index (κ2) is 5.94. The highest BCUT2D eigenvalue weighted by Crippen LogP contribution is 2.26. The molecule has 0 aromatic carbocycles. The number of aromatic nitrogens is 1. The van der Waals surface area contributed by atoms with Crippen LogP contribution in [-0.4, -0.2) is 40.7 Å². The fourth-order valence-corrected chi connectivity index (χ4v) is 3.52. The van der Waals surface area contributed by atoms with Crippen molar-refractivity contribution >= 4 is 11.3 Å². The van der Waals surface area contributed by atoms with Gasteiger partial charge >= 0.3 is 0 Å². The van der Waals surface area contributed by atoms with Gasteiger partial charge in [-0.25, -0.2) is 4.98 Å². The molecule has 0 aliphatic carbocycles. The van der Waals surface area contributed by atoms with Crippen molar-refractivity contribution in [3.05, 3.63) is 16.1 Å². The Morgan fingerprint density at radius 2 is 2.47 bits per heavy atom.